The third-order valence-electron chi connectivity index (χ3n) is 3.77. The molecule has 10 heteroatoms. The first-order valence-corrected chi connectivity index (χ1v) is 8.64. The van der Waals surface area contributed by atoms with Gasteiger partial charge in [0.2, 0.25) is 5.91 Å². The second-order valence-corrected chi connectivity index (χ2v) is 7.41. The van der Waals surface area contributed by atoms with Gasteiger partial charge < -0.3 is 9.64 Å². The van der Waals surface area contributed by atoms with E-state index in [1.165, 1.54) is 0 Å². The maximum Gasteiger partial charge on any atom is 0.405 e. The first-order valence-electron chi connectivity index (χ1n) is 7.20. The molecule has 0 bridgehead atoms. The number of ether oxygens (including phenoxy) is 1. The largest absolute Gasteiger partial charge is 0.455 e. The van der Waals surface area contributed by atoms with E-state index in [-0.39, 0.29) is 30.7 Å². The number of hydrogen-bond acceptors (Lipinski definition) is 5. The average Bonchev–Trinajstić information content (AvgIpc) is 2.36. The molecule has 1 N–H and O–H groups in total. The van der Waals surface area contributed by atoms with Crippen LogP contribution in [0.1, 0.15) is 40.0 Å². The molecule has 0 saturated carbocycles. The molecule has 2 unspecified atom stereocenters. The second kappa shape index (κ2) is 7.08. The van der Waals surface area contributed by atoms with Gasteiger partial charge in [-0.3, -0.25) is 14.1 Å². The molecule has 1 aliphatic heterocycles. The number of halogens is 2. The van der Waals surface area contributed by atoms with Gasteiger partial charge in [0.05, 0.1) is 0 Å². The van der Waals surface area contributed by atoms with Gasteiger partial charge in [0.15, 0.2) is 6.10 Å². The molecule has 1 fully saturated rings. The number of piperidine rings is 1. The van der Waals surface area contributed by atoms with E-state index in [2.05, 4.69) is 4.74 Å². The molecule has 0 aromatic rings. The summed E-state index contributed by atoms with van der Waals surface area (Å²) in [6.45, 7) is 4.88. The van der Waals surface area contributed by atoms with Gasteiger partial charge in [-0.25, -0.2) is 0 Å². The highest BCUT2D eigenvalue weighted by atomic mass is 32.2. The van der Waals surface area contributed by atoms with E-state index in [1.54, 1.807) is 4.90 Å². The molecule has 0 spiro atoms. The molecule has 1 saturated heterocycles. The smallest absolute Gasteiger partial charge is 0.405 e. The summed E-state index contributed by atoms with van der Waals surface area (Å²) in [6.07, 6.45) is -1.95. The maximum absolute atomic E-state index is 13.3. The number of likely N-dealkylation sites (tertiary alicyclic amines) is 1. The molecule has 134 valence electrons. The summed E-state index contributed by atoms with van der Waals surface area (Å²) in [4.78, 5) is 25.2. The van der Waals surface area contributed by atoms with E-state index >= 15 is 0 Å². The lowest BCUT2D eigenvalue weighted by Gasteiger charge is -2.34. The lowest BCUT2D eigenvalue weighted by Crippen LogP contribution is -2.44. The molecular formula is C13H21F2NO6S. The van der Waals surface area contributed by atoms with E-state index in [0.717, 1.165) is 0 Å². The Morgan fingerprint density at radius 1 is 1.43 bits per heavy atom. The number of esters is 1. The van der Waals surface area contributed by atoms with Gasteiger partial charge in [-0.2, -0.15) is 17.2 Å². The first kappa shape index (κ1) is 19.8. The standard InChI is InChI=1S/C13H21F2NO6S/c1-8(2)16-5-4-10(6-11(16)17)7-12(18)22-9(3)13(14,15)23(19,20)21/h8-10H,4-7H2,1-3H3,(H,19,20,21). The van der Waals surface area contributed by atoms with Crippen molar-refractivity contribution in [1.29, 1.82) is 0 Å². The van der Waals surface area contributed by atoms with Crippen molar-refractivity contribution in [2.75, 3.05) is 6.54 Å². The fourth-order valence-electron chi connectivity index (χ4n) is 2.39. The summed E-state index contributed by atoms with van der Waals surface area (Å²) in [5.74, 6) is -1.49. The highest BCUT2D eigenvalue weighted by Crippen LogP contribution is 2.29. The van der Waals surface area contributed by atoms with E-state index in [0.29, 0.717) is 19.9 Å². The molecule has 1 aliphatic rings. The monoisotopic (exact) mass is 357 g/mol. The minimum absolute atomic E-state index is 0.0453. The molecule has 1 heterocycles. The van der Waals surface area contributed by atoms with Crippen molar-refractivity contribution >= 4 is 22.0 Å². The molecule has 23 heavy (non-hydrogen) atoms. The van der Waals surface area contributed by atoms with Crippen molar-refractivity contribution in [3.05, 3.63) is 0 Å². The fraction of sp³-hybridized carbons (Fsp3) is 0.846. The lowest BCUT2D eigenvalue weighted by molar-refractivity contribution is -0.161. The Bertz CT molecular complexity index is 563. The van der Waals surface area contributed by atoms with Crippen LogP contribution < -0.4 is 0 Å². The number of hydrogen-bond donors (Lipinski definition) is 1. The van der Waals surface area contributed by atoms with Crippen molar-refractivity contribution in [1.82, 2.24) is 4.90 Å². The van der Waals surface area contributed by atoms with E-state index in [4.69, 9.17) is 4.55 Å². The minimum atomic E-state index is -5.68. The van der Waals surface area contributed by atoms with Crippen LogP contribution in [0.4, 0.5) is 8.78 Å². The van der Waals surface area contributed by atoms with Crippen molar-refractivity contribution in [3.63, 3.8) is 0 Å². The third kappa shape index (κ3) is 4.84. The number of nitrogens with zero attached hydrogens (tertiary/aromatic N) is 1. The van der Waals surface area contributed by atoms with Crippen LogP contribution in [-0.2, 0) is 24.4 Å². The Kier molecular flexibility index (Phi) is 6.08. The van der Waals surface area contributed by atoms with E-state index < -0.39 is 27.4 Å². The summed E-state index contributed by atoms with van der Waals surface area (Å²) in [5, 5.41) is -4.58. The van der Waals surface area contributed by atoms with Crippen LogP contribution in [0.2, 0.25) is 0 Å². The van der Waals surface area contributed by atoms with Crippen LogP contribution in [0.15, 0.2) is 0 Å². The second-order valence-electron chi connectivity index (χ2n) is 5.91. The summed E-state index contributed by atoms with van der Waals surface area (Å²) >= 11 is 0. The minimum Gasteiger partial charge on any atom is -0.455 e. The predicted octanol–water partition coefficient (Wildman–Crippen LogP) is 1.44. The number of rotatable bonds is 6. The number of alkyl halides is 2. The molecule has 1 rings (SSSR count). The maximum atomic E-state index is 13.3. The number of carbonyl (C=O) groups is 2. The van der Waals surface area contributed by atoms with Crippen molar-refractivity contribution in [2.24, 2.45) is 5.92 Å². The Hall–Kier alpha value is -1.29. The van der Waals surface area contributed by atoms with E-state index in [1.807, 2.05) is 13.8 Å². The van der Waals surface area contributed by atoms with Gasteiger partial charge in [0, 0.05) is 25.4 Å². The SMILES string of the molecule is CC(C)N1CCC(CC(=O)OC(C)C(F)(F)S(=O)(=O)O)CC1=O. The highest BCUT2D eigenvalue weighted by Gasteiger charge is 2.52. The zero-order chi connectivity index (χ0) is 18.0. The van der Waals surface area contributed by atoms with Gasteiger partial charge >= 0.3 is 21.3 Å². The van der Waals surface area contributed by atoms with Crippen molar-refractivity contribution < 1.29 is 36.1 Å². The van der Waals surface area contributed by atoms with Crippen LogP contribution in [0.25, 0.3) is 0 Å². The lowest BCUT2D eigenvalue weighted by atomic mass is 9.92. The molecule has 7 nitrogen and oxygen atoms in total. The van der Waals surface area contributed by atoms with Gasteiger partial charge in [0.1, 0.15) is 0 Å². The first-order chi connectivity index (χ1) is 10.4. The molecule has 2 atom stereocenters. The summed E-state index contributed by atoms with van der Waals surface area (Å²) in [5.41, 5.74) is 0. The molecule has 0 aliphatic carbocycles. The van der Waals surface area contributed by atoms with Crippen LogP contribution in [0.5, 0.6) is 0 Å². The Morgan fingerprint density at radius 3 is 2.43 bits per heavy atom. The van der Waals surface area contributed by atoms with Gasteiger partial charge in [-0.15, -0.1) is 0 Å². The van der Waals surface area contributed by atoms with E-state index in [9.17, 15) is 26.8 Å². The Morgan fingerprint density at radius 2 is 2.00 bits per heavy atom. The molecular weight excluding hydrogens is 336 g/mol. The molecule has 0 radical (unpaired) electrons. The number of carbonyl (C=O) groups excluding carboxylic acids is 2. The fourth-order valence-corrected chi connectivity index (χ4v) is 2.86. The summed E-state index contributed by atoms with van der Waals surface area (Å²) in [7, 11) is -5.68. The van der Waals surface area contributed by atoms with Crippen molar-refractivity contribution in [2.45, 2.75) is 57.4 Å². The average molecular weight is 357 g/mol. The zero-order valence-corrected chi connectivity index (χ0v) is 14.0. The van der Waals surface area contributed by atoms with Crippen molar-refractivity contribution in [3.8, 4) is 0 Å². The quantitative estimate of drug-likeness (QED) is 0.570. The zero-order valence-electron chi connectivity index (χ0n) is 13.2. The molecule has 1 amide bonds. The molecule has 0 aromatic heterocycles. The van der Waals surface area contributed by atoms with Gasteiger partial charge in [-0.05, 0) is 33.1 Å². The number of amides is 1. The Labute approximate surface area is 133 Å². The molecule has 0 aromatic carbocycles. The summed E-state index contributed by atoms with van der Waals surface area (Å²) in [6, 6.07) is 0.0453. The third-order valence-corrected chi connectivity index (χ3v) is 4.79. The van der Waals surface area contributed by atoms with Gasteiger partial charge in [0.25, 0.3) is 0 Å². The van der Waals surface area contributed by atoms with Crippen LogP contribution >= 0.6 is 0 Å². The predicted molar refractivity (Wildman–Crippen MR) is 76.2 cm³/mol. The normalized spacial score (nSPS) is 21.4. The van der Waals surface area contributed by atoms with Crippen LogP contribution in [-0.4, -0.2) is 53.7 Å². The summed E-state index contributed by atoms with van der Waals surface area (Å²) < 4.78 is 60.6. The van der Waals surface area contributed by atoms with Crippen LogP contribution in [0, 0.1) is 5.92 Å². The Balaban J connectivity index is 2.57. The van der Waals surface area contributed by atoms with Crippen LogP contribution in [0.3, 0.4) is 0 Å². The highest BCUT2D eigenvalue weighted by molar-refractivity contribution is 7.86. The topological polar surface area (TPSA) is 101 Å². The van der Waals surface area contributed by atoms with Gasteiger partial charge in [-0.1, -0.05) is 0 Å².